The van der Waals surface area contributed by atoms with Gasteiger partial charge in [0.25, 0.3) is 0 Å². The lowest BCUT2D eigenvalue weighted by Crippen LogP contribution is -1.91. The Hall–Kier alpha value is -0.0400. The van der Waals surface area contributed by atoms with Crippen LogP contribution in [0.15, 0.2) is 0 Å². The summed E-state index contributed by atoms with van der Waals surface area (Å²) in [4.78, 5) is 0. The van der Waals surface area contributed by atoms with Crippen LogP contribution in [0.4, 0.5) is 0 Å². The number of hydrogen-bond acceptors (Lipinski definition) is 1. The van der Waals surface area contributed by atoms with Gasteiger partial charge in [0.2, 0.25) is 0 Å². The molecule has 0 N–H and O–H groups in total. The Morgan fingerprint density at radius 2 is 1.54 bits per heavy atom. The van der Waals surface area contributed by atoms with E-state index < -0.39 is 0 Å². The third-order valence-corrected chi connectivity index (χ3v) is 2.14. The SMILES string of the molecule is CCC[CH]OCCCCCCCC. The van der Waals surface area contributed by atoms with E-state index in [1.54, 1.807) is 0 Å². The van der Waals surface area contributed by atoms with Gasteiger partial charge in [-0.1, -0.05) is 52.4 Å². The largest absolute Gasteiger partial charge is 0.376 e. The van der Waals surface area contributed by atoms with E-state index in [-0.39, 0.29) is 0 Å². The van der Waals surface area contributed by atoms with Crippen molar-refractivity contribution in [1.82, 2.24) is 0 Å². The van der Waals surface area contributed by atoms with Gasteiger partial charge in [0, 0.05) is 6.61 Å². The van der Waals surface area contributed by atoms with Gasteiger partial charge in [-0.05, 0) is 12.8 Å². The van der Waals surface area contributed by atoms with Crippen molar-refractivity contribution < 1.29 is 4.74 Å². The molecule has 13 heavy (non-hydrogen) atoms. The quantitative estimate of drug-likeness (QED) is 0.460. The van der Waals surface area contributed by atoms with Crippen molar-refractivity contribution in [3.63, 3.8) is 0 Å². The average Bonchev–Trinajstić information content (AvgIpc) is 2.16. The summed E-state index contributed by atoms with van der Waals surface area (Å²) in [6, 6.07) is 0. The molecule has 0 saturated carbocycles. The van der Waals surface area contributed by atoms with E-state index >= 15 is 0 Å². The maximum absolute atomic E-state index is 5.36. The van der Waals surface area contributed by atoms with Gasteiger partial charge in [-0.3, -0.25) is 0 Å². The van der Waals surface area contributed by atoms with Gasteiger partial charge < -0.3 is 4.74 Å². The van der Waals surface area contributed by atoms with Crippen LogP contribution in [0.25, 0.3) is 0 Å². The maximum atomic E-state index is 5.36. The topological polar surface area (TPSA) is 9.23 Å². The second-order valence-corrected chi connectivity index (χ2v) is 3.59. The van der Waals surface area contributed by atoms with E-state index in [4.69, 9.17) is 4.74 Å². The highest BCUT2D eigenvalue weighted by atomic mass is 16.5. The van der Waals surface area contributed by atoms with Gasteiger partial charge in [-0.15, -0.1) is 0 Å². The third-order valence-electron chi connectivity index (χ3n) is 2.14. The molecule has 0 bridgehead atoms. The molecule has 0 rings (SSSR count). The van der Waals surface area contributed by atoms with E-state index in [0.29, 0.717) is 0 Å². The molecule has 0 aliphatic heterocycles. The number of ether oxygens (including phenoxy) is 1. The zero-order valence-electron chi connectivity index (χ0n) is 9.35. The molecule has 79 valence electrons. The fraction of sp³-hybridized carbons (Fsp3) is 0.917. The van der Waals surface area contributed by atoms with E-state index in [2.05, 4.69) is 13.8 Å². The van der Waals surface area contributed by atoms with Crippen LogP contribution in [0.1, 0.15) is 65.2 Å². The first kappa shape index (κ1) is 13.0. The first-order valence-electron chi connectivity index (χ1n) is 5.85. The lowest BCUT2D eigenvalue weighted by Gasteiger charge is -2.02. The van der Waals surface area contributed by atoms with Crippen molar-refractivity contribution in [3.05, 3.63) is 6.61 Å². The summed E-state index contributed by atoms with van der Waals surface area (Å²) < 4.78 is 5.36. The van der Waals surface area contributed by atoms with Gasteiger partial charge in [0.05, 0.1) is 6.61 Å². The van der Waals surface area contributed by atoms with Gasteiger partial charge in [-0.25, -0.2) is 0 Å². The average molecular weight is 185 g/mol. The molecule has 0 heterocycles. The molecule has 0 saturated heterocycles. The van der Waals surface area contributed by atoms with Crippen LogP contribution in [-0.4, -0.2) is 6.61 Å². The first-order chi connectivity index (χ1) is 6.41. The summed E-state index contributed by atoms with van der Waals surface area (Å²) in [5, 5.41) is 0. The van der Waals surface area contributed by atoms with E-state index in [0.717, 1.165) is 13.0 Å². The molecular weight excluding hydrogens is 160 g/mol. The highest BCUT2D eigenvalue weighted by molar-refractivity contribution is 4.49. The Balaban J connectivity index is 2.76. The van der Waals surface area contributed by atoms with E-state index in [1.165, 1.54) is 44.9 Å². The first-order valence-corrected chi connectivity index (χ1v) is 5.85. The maximum Gasteiger partial charge on any atom is 0.0836 e. The van der Waals surface area contributed by atoms with Gasteiger partial charge in [0.15, 0.2) is 0 Å². The molecule has 0 fully saturated rings. The van der Waals surface area contributed by atoms with Crippen molar-refractivity contribution in [2.75, 3.05) is 6.61 Å². The highest BCUT2D eigenvalue weighted by Crippen LogP contribution is 2.05. The van der Waals surface area contributed by atoms with Gasteiger partial charge >= 0.3 is 0 Å². The monoisotopic (exact) mass is 185 g/mol. The van der Waals surface area contributed by atoms with Crippen LogP contribution in [-0.2, 0) is 4.74 Å². The van der Waals surface area contributed by atoms with Crippen molar-refractivity contribution >= 4 is 0 Å². The van der Waals surface area contributed by atoms with Crippen molar-refractivity contribution in [1.29, 1.82) is 0 Å². The van der Waals surface area contributed by atoms with Crippen molar-refractivity contribution in [2.24, 2.45) is 0 Å². The lowest BCUT2D eigenvalue weighted by molar-refractivity contribution is 0.185. The summed E-state index contributed by atoms with van der Waals surface area (Å²) in [5.41, 5.74) is 0. The second kappa shape index (κ2) is 12.0. The predicted molar refractivity (Wildman–Crippen MR) is 58.5 cm³/mol. The zero-order chi connectivity index (χ0) is 9.78. The molecule has 1 heteroatoms. The summed E-state index contributed by atoms with van der Waals surface area (Å²) in [6.45, 7) is 7.30. The van der Waals surface area contributed by atoms with Crippen LogP contribution in [0.3, 0.4) is 0 Å². The Labute approximate surface area is 83.9 Å². The fourth-order valence-corrected chi connectivity index (χ4v) is 1.25. The molecule has 0 amide bonds. The Kier molecular flexibility index (Phi) is 11.9. The lowest BCUT2D eigenvalue weighted by atomic mass is 10.1. The molecule has 0 aliphatic rings. The number of hydrogen-bond donors (Lipinski definition) is 0. The zero-order valence-corrected chi connectivity index (χ0v) is 9.35. The second-order valence-electron chi connectivity index (χ2n) is 3.59. The molecule has 0 aromatic rings. The summed E-state index contributed by atoms with van der Waals surface area (Å²) in [6.07, 6.45) is 10.3. The molecule has 0 unspecified atom stereocenters. The Morgan fingerprint density at radius 1 is 0.846 bits per heavy atom. The normalized spacial score (nSPS) is 10.6. The van der Waals surface area contributed by atoms with E-state index in [1.807, 2.05) is 6.61 Å². The van der Waals surface area contributed by atoms with Crippen molar-refractivity contribution in [2.45, 2.75) is 65.2 Å². The van der Waals surface area contributed by atoms with Crippen molar-refractivity contribution in [3.8, 4) is 0 Å². The molecule has 0 aromatic carbocycles. The Morgan fingerprint density at radius 3 is 2.23 bits per heavy atom. The fourth-order valence-electron chi connectivity index (χ4n) is 1.25. The molecule has 1 nitrogen and oxygen atoms in total. The number of rotatable bonds is 10. The van der Waals surface area contributed by atoms with Gasteiger partial charge in [-0.2, -0.15) is 0 Å². The molecule has 0 spiro atoms. The molecule has 1 radical (unpaired) electrons. The molecule has 0 aliphatic carbocycles. The summed E-state index contributed by atoms with van der Waals surface area (Å²) in [5.74, 6) is 0. The van der Waals surface area contributed by atoms with Crippen LogP contribution in [0.5, 0.6) is 0 Å². The molecule has 0 aromatic heterocycles. The summed E-state index contributed by atoms with van der Waals surface area (Å²) >= 11 is 0. The third kappa shape index (κ3) is 12.0. The predicted octanol–water partition coefficient (Wildman–Crippen LogP) is 4.33. The standard InChI is InChI=1S/C12H25O/c1-3-5-7-8-9-10-12-13-11-6-4-2/h11H,3-10,12H2,1-2H3. The van der Waals surface area contributed by atoms with E-state index in [9.17, 15) is 0 Å². The van der Waals surface area contributed by atoms with Crippen LogP contribution in [0.2, 0.25) is 0 Å². The minimum Gasteiger partial charge on any atom is -0.376 e. The van der Waals surface area contributed by atoms with Crippen LogP contribution >= 0.6 is 0 Å². The minimum atomic E-state index is 0.923. The highest BCUT2D eigenvalue weighted by Gasteiger charge is 1.90. The smallest absolute Gasteiger partial charge is 0.0836 e. The Bertz CT molecular complexity index is 71.2. The van der Waals surface area contributed by atoms with Crippen LogP contribution < -0.4 is 0 Å². The molecular formula is C12H25O. The molecule has 0 atom stereocenters. The van der Waals surface area contributed by atoms with Gasteiger partial charge in [0.1, 0.15) is 0 Å². The summed E-state index contributed by atoms with van der Waals surface area (Å²) in [7, 11) is 0. The van der Waals surface area contributed by atoms with Crippen LogP contribution in [0, 0.1) is 6.61 Å². The minimum absolute atomic E-state index is 0.923. The number of unbranched alkanes of at least 4 members (excludes halogenated alkanes) is 6.